The van der Waals surface area contributed by atoms with Gasteiger partial charge in [0.1, 0.15) is 0 Å². The van der Waals surface area contributed by atoms with Crippen molar-refractivity contribution >= 4 is 60.6 Å². The van der Waals surface area contributed by atoms with Crippen LogP contribution >= 0.6 is 60.6 Å². The standard InChI is InChI=1S/C15H35N5.C11H27N5.2C10H25N5.6ClH.4Mn.HNO3.NO3/c1-11-6-17-13(3)8-19-15(5)10-20-14(4)9-18-12(2)7-16-11;1-11-10-15-7-6-13-3-2-12-4-5-14-8-9-16-11;2*1-2-12-5-6-14-9-10-15-8-7-13-4-3-11-1;;;;;;;;;;;2*2-1(3)4/h11-20H,6-10H2,1-5H3;11-16H,2-10H2,1H3;2*11-15H,1-10H2;6*1H;;;;;(H,2,3,4);/q;;;;;;;;;;;3*+2;;-1/p-6/t11-,12-,13+,14+,15-;;;;;;;;;;;;;;;/m0.............../s1. The van der Waals surface area contributed by atoms with Gasteiger partial charge < -0.3 is 127 Å². The van der Waals surface area contributed by atoms with E-state index in [-0.39, 0.29) is 56.5 Å². The van der Waals surface area contributed by atoms with Crippen LogP contribution in [-0.2, 0) is 56.5 Å². The quantitative estimate of drug-likeness (QED) is 0.0687. The molecule has 0 spiro atoms. The average Bonchev–Trinajstić information content (AvgIpc) is 3.47. The summed E-state index contributed by atoms with van der Waals surface area (Å²) in [6.45, 7) is 49.0. The van der Waals surface area contributed by atoms with Crippen LogP contribution < -0.4 is 106 Å². The van der Waals surface area contributed by atoms with Gasteiger partial charge in [-0.05, 0) is 41.5 Å². The summed E-state index contributed by atoms with van der Waals surface area (Å²) in [6.07, 6.45) is 0. The molecule has 1 radical (unpaired) electrons. The van der Waals surface area contributed by atoms with Crippen molar-refractivity contribution in [3.8, 4) is 0 Å². The summed E-state index contributed by atoms with van der Waals surface area (Å²) < 4.78 is 0. The molecule has 4 aliphatic rings. The summed E-state index contributed by atoms with van der Waals surface area (Å²) >= 11 is 0.0208. The summed E-state index contributed by atoms with van der Waals surface area (Å²) in [5, 5.41) is 97.3. The van der Waals surface area contributed by atoms with E-state index in [9.17, 15) is 0 Å². The van der Waals surface area contributed by atoms with E-state index < -0.39 is 10.2 Å². The van der Waals surface area contributed by atoms with Gasteiger partial charge in [0, 0.05) is 276 Å². The third-order valence-corrected chi connectivity index (χ3v) is 11.3. The Bertz CT molecular complexity index is 993. The van der Waals surface area contributed by atoms with Gasteiger partial charge >= 0.3 is 100.0 Å². The minimum atomic E-state index is -1.75. The Morgan fingerprint density at radius 1 is 0.286 bits per heavy atom. The van der Waals surface area contributed by atoms with Crippen LogP contribution in [0.2, 0.25) is 0 Å². The Hall–Kier alpha value is 1.42. The molecule has 4 fully saturated rings. The van der Waals surface area contributed by atoms with Crippen molar-refractivity contribution in [2.24, 2.45) is 0 Å². The van der Waals surface area contributed by atoms with Gasteiger partial charge in [-0.3, -0.25) is 0 Å². The monoisotopic (exact) mass is 1500 g/mol. The largest absolute Gasteiger partial charge is 0 e. The number of nitrogens with zero attached hydrogens (tertiary/aromatic N) is 2. The van der Waals surface area contributed by atoms with Gasteiger partial charge in [-0.15, -0.1) is 10.1 Å². The minimum Gasteiger partial charge on any atom is 0 e. The minimum absolute atomic E-state index is 0. The molecule has 4 aliphatic heterocycles. The molecule has 0 saturated carbocycles. The Morgan fingerprint density at radius 3 is 0.536 bits per heavy atom. The molecule has 1 unspecified atom stereocenters. The first-order valence-corrected chi connectivity index (χ1v) is 38.4. The maximum atomic E-state index is 8.36. The molecule has 0 aromatic carbocycles. The second-order valence-electron chi connectivity index (χ2n) is 19.0. The number of nitrogens with one attached hydrogen (secondary N) is 20. The predicted molar refractivity (Wildman–Crippen MR) is 339 cm³/mol. The van der Waals surface area contributed by atoms with E-state index in [4.69, 9.17) is 91.2 Å². The van der Waals surface area contributed by atoms with Gasteiger partial charge in [-0.2, -0.15) is 0 Å². The van der Waals surface area contributed by atoms with Gasteiger partial charge in [0.05, 0.1) is 5.09 Å². The Morgan fingerprint density at radius 2 is 0.393 bits per heavy atom. The summed E-state index contributed by atoms with van der Waals surface area (Å²) in [7, 11) is 28.8. The first-order chi connectivity index (χ1) is 40.1. The van der Waals surface area contributed by atoms with Gasteiger partial charge in [0.25, 0.3) is 5.09 Å². The fraction of sp³-hybridized carbons (Fsp3) is 1.00. The molecule has 21 N–H and O–H groups in total. The van der Waals surface area contributed by atoms with Crippen molar-refractivity contribution in [1.82, 2.24) is 106 Å². The number of rotatable bonds is 0. The van der Waals surface area contributed by atoms with Crippen LogP contribution in [0.15, 0.2) is 0 Å². The van der Waals surface area contributed by atoms with Gasteiger partial charge in [-0.1, -0.05) is 0 Å². The summed E-state index contributed by atoms with van der Waals surface area (Å²) in [6, 6.07) is 3.05. The number of hydrogen-bond donors (Lipinski definition) is 21. The molecule has 38 heteroatoms. The van der Waals surface area contributed by atoms with Crippen molar-refractivity contribution in [1.29, 1.82) is 0 Å². The summed E-state index contributed by atoms with van der Waals surface area (Å²) in [4.78, 5) is 16.6. The van der Waals surface area contributed by atoms with Crippen molar-refractivity contribution in [3.05, 3.63) is 25.4 Å². The van der Waals surface area contributed by atoms with Crippen LogP contribution in [0, 0.1) is 25.4 Å². The Kier molecular flexibility index (Phi) is 99.4. The zero-order valence-corrected chi connectivity index (χ0v) is 59.9. The molecular formula is C46H113Cl6Mn4N22O6-. The first-order valence-electron chi connectivity index (χ1n) is 28.6. The van der Waals surface area contributed by atoms with Crippen LogP contribution in [0.3, 0.4) is 0 Å². The third-order valence-electron chi connectivity index (χ3n) is 11.3. The van der Waals surface area contributed by atoms with E-state index in [2.05, 4.69) is 148 Å². The van der Waals surface area contributed by atoms with Crippen molar-refractivity contribution in [3.63, 3.8) is 0 Å². The molecule has 6 atom stereocenters. The summed E-state index contributed by atoms with van der Waals surface area (Å²) in [5.41, 5.74) is 0. The fourth-order valence-corrected chi connectivity index (χ4v) is 6.97. The fourth-order valence-electron chi connectivity index (χ4n) is 6.97. The van der Waals surface area contributed by atoms with Gasteiger partial charge in [0.2, 0.25) is 0 Å². The Labute approximate surface area is 560 Å². The van der Waals surface area contributed by atoms with E-state index in [0.717, 1.165) is 223 Å². The molecule has 4 saturated heterocycles. The molecule has 0 amide bonds. The van der Waals surface area contributed by atoms with E-state index in [0.29, 0.717) is 36.3 Å². The second-order valence-corrected chi connectivity index (χ2v) is 24.8. The molecule has 514 valence electrons. The smallest absolute Gasteiger partial charge is 0 e. The molecule has 0 aromatic rings. The van der Waals surface area contributed by atoms with Crippen LogP contribution in [0.1, 0.15) is 41.5 Å². The van der Waals surface area contributed by atoms with Gasteiger partial charge in [0.15, 0.2) is 0 Å². The molecular weight excluding hydrogens is 1390 g/mol. The Balaban J connectivity index is -0.000000221. The molecule has 0 aliphatic carbocycles. The van der Waals surface area contributed by atoms with Crippen molar-refractivity contribution in [2.75, 3.05) is 223 Å². The normalized spacial score (nSPS) is 24.6. The molecule has 0 aromatic heterocycles. The van der Waals surface area contributed by atoms with Crippen molar-refractivity contribution in [2.45, 2.75) is 77.8 Å². The number of hydrogen-bond acceptors (Lipinski definition) is 25. The second kappa shape index (κ2) is 86.5. The predicted octanol–water partition coefficient (Wildman–Crippen LogP) is -2.34. The van der Waals surface area contributed by atoms with Crippen LogP contribution in [0.5, 0.6) is 0 Å². The molecule has 4 heterocycles. The first kappa shape index (κ1) is 96.5. The molecule has 4 rings (SSSR count). The SMILES string of the molecule is C1CNCCNCCNCCNCCN1.C1CNCCNCCNCCNCCN1.CC1CNCCNCCNCCNCCN1.C[C@@H]1CN[C@@H](C)CN[C@H](C)CN[C@@H](C)CN[C@@H](C)CN1.O=[N+]([O-])O.O=[N+]([O-])[O-].[Cl][Mn][Cl].[Cl][Mn][Cl].[Cl][Mn][Cl].[Mn]. The zero-order chi connectivity index (χ0) is 62.9. The molecule has 84 heavy (non-hydrogen) atoms. The maximum absolute atomic E-state index is 8.36. The topological polar surface area (TPSA) is 370 Å². The van der Waals surface area contributed by atoms with E-state index in [1.807, 2.05) is 0 Å². The molecule has 0 bridgehead atoms. The van der Waals surface area contributed by atoms with Crippen LogP contribution in [0.4, 0.5) is 0 Å². The van der Waals surface area contributed by atoms with Crippen LogP contribution in [0.25, 0.3) is 0 Å². The van der Waals surface area contributed by atoms with Crippen LogP contribution in [-0.4, -0.2) is 274 Å². The van der Waals surface area contributed by atoms with E-state index >= 15 is 0 Å². The number of halogens is 6. The van der Waals surface area contributed by atoms with E-state index in [1.54, 1.807) is 0 Å². The van der Waals surface area contributed by atoms with Gasteiger partial charge in [-0.25, -0.2) is 0 Å². The van der Waals surface area contributed by atoms with E-state index in [1.165, 1.54) is 0 Å². The van der Waals surface area contributed by atoms with Crippen molar-refractivity contribution < 1.29 is 71.8 Å². The average molecular weight is 1500 g/mol. The zero-order valence-electron chi connectivity index (χ0n) is 50.7. The molecule has 28 nitrogen and oxygen atoms in total. The maximum Gasteiger partial charge on any atom is 0 e. The summed E-state index contributed by atoms with van der Waals surface area (Å²) in [5.74, 6) is 0. The third kappa shape index (κ3) is 105.